The van der Waals surface area contributed by atoms with E-state index in [0.717, 1.165) is 31.4 Å². The van der Waals surface area contributed by atoms with Crippen molar-refractivity contribution in [2.45, 2.75) is 44.3 Å². The lowest BCUT2D eigenvalue weighted by Crippen LogP contribution is -2.33. The van der Waals surface area contributed by atoms with Crippen molar-refractivity contribution in [2.24, 2.45) is 5.73 Å². The molecule has 1 aliphatic rings. The number of methoxy groups -OCH3 is 1. The summed E-state index contributed by atoms with van der Waals surface area (Å²) in [7, 11) is 1.64. The van der Waals surface area contributed by atoms with Crippen molar-refractivity contribution < 1.29 is 4.74 Å². The smallest absolute Gasteiger partial charge is 0.250 e. The van der Waals surface area contributed by atoms with Crippen molar-refractivity contribution in [3.05, 3.63) is 28.7 Å². The summed E-state index contributed by atoms with van der Waals surface area (Å²) in [4.78, 5) is 11.7. The van der Waals surface area contributed by atoms with E-state index in [2.05, 4.69) is 5.32 Å². The number of nitrogens with two attached hydrogens (primary N) is 1. The van der Waals surface area contributed by atoms with E-state index < -0.39 is 0 Å². The van der Waals surface area contributed by atoms with Crippen LogP contribution in [0, 0.1) is 0 Å². The van der Waals surface area contributed by atoms with Gasteiger partial charge in [-0.25, -0.2) is 0 Å². The maximum absolute atomic E-state index is 11.7. The Labute approximate surface area is 113 Å². The molecule has 0 atom stereocenters. The summed E-state index contributed by atoms with van der Waals surface area (Å²) in [5, 5.41) is 3.49. The van der Waals surface area contributed by atoms with Crippen LogP contribution in [0.2, 0.25) is 0 Å². The monoisotopic (exact) mass is 265 g/mol. The van der Waals surface area contributed by atoms with E-state index in [0.29, 0.717) is 25.2 Å². The summed E-state index contributed by atoms with van der Waals surface area (Å²) in [6, 6.07) is 4.27. The Morgan fingerprint density at radius 3 is 2.79 bits per heavy atom. The normalized spacial score (nSPS) is 23.3. The van der Waals surface area contributed by atoms with Gasteiger partial charge in [-0.15, -0.1) is 0 Å². The fourth-order valence-electron chi connectivity index (χ4n) is 2.48. The lowest BCUT2D eigenvalue weighted by Gasteiger charge is -2.27. The molecule has 0 aliphatic heterocycles. The molecule has 0 unspecified atom stereocenters. The number of rotatable bonds is 5. The number of hydrogen-bond donors (Lipinski definition) is 2. The third-order valence-electron chi connectivity index (χ3n) is 3.66. The summed E-state index contributed by atoms with van der Waals surface area (Å²) >= 11 is 0. The predicted molar refractivity (Wildman–Crippen MR) is 76.4 cm³/mol. The zero-order valence-electron chi connectivity index (χ0n) is 11.5. The molecule has 0 bridgehead atoms. The Morgan fingerprint density at radius 2 is 2.11 bits per heavy atom. The van der Waals surface area contributed by atoms with Gasteiger partial charge in [-0.1, -0.05) is 0 Å². The van der Waals surface area contributed by atoms with Crippen molar-refractivity contribution in [1.82, 2.24) is 4.57 Å². The van der Waals surface area contributed by atoms with Gasteiger partial charge in [0.05, 0.1) is 12.3 Å². The first-order valence-corrected chi connectivity index (χ1v) is 6.90. The Bertz CT molecular complexity index is 450. The standard InChI is InChI=1S/C14H23N3O2/c1-19-9-8-17-10-13(6-7-14(17)18)16-12-4-2-11(15)3-5-12/h6-7,10-12,16H,2-5,8-9,15H2,1H3. The number of aromatic nitrogens is 1. The molecule has 1 fully saturated rings. The van der Waals surface area contributed by atoms with Crippen molar-refractivity contribution in [3.63, 3.8) is 0 Å². The van der Waals surface area contributed by atoms with Crippen LogP contribution in [0.4, 0.5) is 5.69 Å². The van der Waals surface area contributed by atoms with Crippen LogP contribution in [-0.2, 0) is 11.3 Å². The molecular weight excluding hydrogens is 242 g/mol. The van der Waals surface area contributed by atoms with Gasteiger partial charge in [-0.2, -0.15) is 0 Å². The lowest BCUT2D eigenvalue weighted by molar-refractivity contribution is 0.186. The summed E-state index contributed by atoms with van der Waals surface area (Å²) < 4.78 is 6.69. The second kappa shape index (κ2) is 6.73. The third kappa shape index (κ3) is 4.08. The Balaban J connectivity index is 1.98. The zero-order chi connectivity index (χ0) is 13.7. The highest BCUT2D eigenvalue weighted by Crippen LogP contribution is 2.20. The van der Waals surface area contributed by atoms with Crippen molar-refractivity contribution in [2.75, 3.05) is 19.0 Å². The van der Waals surface area contributed by atoms with Crippen molar-refractivity contribution in [3.8, 4) is 0 Å². The molecule has 1 aromatic heterocycles. The quantitative estimate of drug-likeness (QED) is 0.838. The summed E-state index contributed by atoms with van der Waals surface area (Å²) in [5.74, 6) is 0. The van der Waals surface area contributed by atoms with E-state index in [-0.39, 0.29) is 5.56 Å². The van der Waals surface area contributed by atoms with E-state index in [4.69, 9.17) is 10.5 Å². The molecule has 0 amide bonds. The van der Waals surface area contributed by atoms with Gasteiger partial charge in [0.25, 0.3) is 5.56 Å². The molecule has 0 radical (unpaired) electrons. The second-order valence-corrected chi connectivity index (χ2v) is 5.20. The molecule has 0 spiro atoms. The zero-order valence-corrected chi connectivity index (χ0v) is 11.5. The van der Waals surface area contributed by atoms with E-state index in [1.54, 1.807) is 17.7 Å². The number of ether oxygens (including phenoxy) is 1. The van der Waals surface area contributed by atoms with Gasteiger partial charge >= 0.3 is 0 Å². The number of hydrogen-bond acceptors (Lipinski definition) is 4. The maximum atomic E-state index is 11.7. The Hall–Kier alpha value is -1.33. The van der Waals surface area contributed by atoms with Gasteiger partial charge in [0.15, 0.2) is 0 Å². The average Bonchev–Trinajstić information content (AvgIpc) is 2.42. The SMILES string of the molecule is COCCn1cc(NC2CCC(N)CC2)ccc1=O. The number of nitrogens with zero attached hydrogens (tertiary/aromatic N) is 1. The highest BCUT2D eigenvalue weighted by molar-refractivity contribution is 5.41. The molecule has 5 nitrogen and oxygen atoms in total. The van der Waals surface area contributed by atoms with E-state index in [1.807, 2.05) is 12.3 Å². The minimum Gasteiger partial charge on any atom is -0.383 e. The Kier molecular flexibility index (Phi) is 4.99. The van der Waals surface area contributed by atoms with Gasteiger partial charge in [0.1, 0.15) is 0 Å². The van der Waals surface area contributed by atoms with E-state index >= 15 is 0 Å². The lowest BCUT2D eigenvalue weighted by atomic mass is 9.92. The highest BCUT2D eigenvalue weighted by Gasteiger charge is 2.18. The molecular formula is C14H23N3O2. The maximum Gasteiger partial charge on any atom is 0.250 e. The number of nitrogens with one attached hydrogen (secondary N) is 1. The van der Waals surface area contributed by atoms with Crippen LogP contribution in [0.1, 0.15) is 25.7 Å². The molecule has 0 saturated heterocycles. The van der Waals surface area contributed by atoms with Gasteiger partial charge in [-0.05, 0) is 31.7 Å². The number of anilines is 1. The van der Waals surface area contributed by atoms with Crippen molar-refractivity contribution >= 4 is 5.69 Å². The van der Waals surface area contributed by atoms with Crippen LogP contribution in [0.3, 0.4) is 0 Å². The first kappa shape index (κ1) is 14.1. The topological polar surface area (TPSA) is 69.3 Å². The highest BCUT2D eigenvalue weighted by atomic mass is 16.5. The van der Waals surface area contributed by atoms with Crippen LogP contribution in [0.25, 0.3) is 0 Å². The first-order valence-electron chi connectivity index (χ1n) is 6.90. The summed E-state index contributed by atoms with van der Waals surface area (Å²) in [6.07, 6.45) is 6.20. The van der Waals surface area contributed by atoms with Gasteiger partial charge in [0, 0.05) is 38.0 Å². The third-order valence-corrected chi connectivity index (χ3v) is 3.66. The van der Waals surface area contributed by atoms with E-state index in [9.17, 15) is 4.79 Å². The van der Waals surface area contributed by atoms with Crippen molar-refractivity contribution in [1.29, 1.82) is 0 Å². The van der Waals surface area contributed by atoms with Gasteiger partial charge < -0.3 is 20.4 Å². The van der Waals surface area contributed by atoms with Gasteiger partial charge in [-0.3, -0.25) is 4.79 Å². The molecule has 1 heterocycles. The summed E-state index contributed by atoms with van der Waals surface area (Å²) in [6.45, 7) is 1.13. The summed E-state index contributed by atoms with van der Waals surface area (Å²) in [5.41, 5.74) is 6.91. The van der Waals surface area contributed by atoms with Crippen LogP contribution in [-0.4, -0.2) is 30.4 Å². The second-order valence-electron chi connectivity index (χ2n) is 5.20. The predicted octanol–water partition coefficient (Wildman–Crippen LogP) is 1.18. The van der Waals surface area contributed by atoms with Crippen LogP contribution < -0.4 is 16.6 Å². The molecule has 5 heteroatoms. The Morgan fingerprint density at radius 1 is 1.37 bits per heavy atom. The molecule has 1 aromatic rings. The van der Waals surface area contributed by atoms with Gasteiger partial charge in [0.2, 0.25) is 0 Å². The van der Waals surface area contributed by atoms with Crippen LogP contribution in [0.5, 0.6) is 0 Å². The minimum atomic E-state index is 0.00765. The minimum absolute atomic E-state index is 0.00765. The first-order chi connectivity index (χ1) is 9.19. The molecule has 1 saturated carbocycles. The van der Waals surface area contributed by atoms with Crippen LogP contribution >= 0.6 is 0 Å². The number of pyridine rings is 1. The average molecular weight is 265 g/mol. The molecule has 2 rings (SSSR count). The van der Waals surface area contributed by atoms with E-state index in [1.165, 1.54) is 0 Å². The molecule has 19 heavy (non-hydrogen) atoms. The fourth-order valence-corrected chi connectivity index (χ4v) is 2.48. The largest absolute Gasteiger partial charge is 0.383 e. The molecule has 106 valence electrons. The van der Waals surface area contributed by atoms with Crippen LogP contribution in [0.15, 0.2) is 23.1 Å². The molecule has 1 aliphatic carbocycles. The molecule has 0 aromatic carbocycles. The fraction of sp³-hybridized carbons (Fsp3) is 0.643. The molecule has 3 N–H and O–H groups in total.